The highest BCUT2D eigenvalue weighted by Gasteiger charge is 2.50. The quantitative estimate of drug-likeness (QED) is 0.722. The Labute approximate surface area is 179 Å². The van der Waals surface area contributed by atoms with E-state index in [0.717, 1.165) is 4.31 Å². The first-order valence-electron chi connectivity index (χ1n) is 8.40. The molecule has 0 aliphatic carbocycles. The molecule has 1 aliphatic rings. The van der Waals surface area contributed by atoms with Crippen LogP contribution in [0.5, 0.6) is 0 Å². The van der Waals surface area contributed by atoms with Gasteiger partial charge in [0.1, 0.15) is 0 Å². The number of amides is 1. The number of anilines is 2. The van der Waals surface area contributed by atoms with E-state index >= 15 is 0 Å². The van der Waals surface area contributed by atoms with E-state index in [-0.39, 0.29) is 37.6 Å². The number of carbonyl (C=O) groups is 1. The van der Waals surface area contributed by atoms with E-state index in [0.29, 0.717) is 0 Å². The SMILES string of the molecule is Cc1cc(N2C(=O)C(C)(C)CS2(=O)=O)ccc1S(=O)(=O)Nc1cc(Cl)cc(Cl)c1. The molecule has 1 amide bonds. The molecule has 1 fully saturated rings. The Hall–Kier alpha value is -1.81. The standard InChI is InChI=1S/C18H18Cl2N2O5S2/c1-11-6-15(22-17(23)18(2,3)10-28(22,24)25)4-5-16(11)29(26,27)21-14-8-12(19)7-13(20)9-14/h4-9,21H,10H2,1-3H3. The summed E-state index contributed by atoms with van der Waals surface area (Å²) in [6.07, 6.45) is 0. The Balaban J connectivity index is 1.98. The molecule has 11 heteroatoms. The Kier molecular flexibility index (Phi) is 5.40. The number of aryl methyl sites for hydroxylation is 1. The monoisotopic (exact) mass is 476 g/mol. The van der Waals surface area contributed by atoms with Gasteiger partial charge >= 0.3 is 0 Å². The summed E-state index contributed by atoms with van der Waals surface area (Å²) in [4.78, 5) is 12.5. The fraction of sp³-hybridized carbons (Fsp3) is 0.278. The minimum atomic E-state index is -4.00. The zero-order chi connectivity index (χ0) is 21.8. The fourth-order valence-corrected chi connectivity index (χ4v) is 7.04. The van der Waals surface area contributed by atoms with Gasteiger partial charge in [-0.2, -0.15) is 0 Å². The number of benzene rings is 2. The van der Waals surface area contributed by atoms with Gasteiger partial charge in [0.15, 0.2) is 0 Å². The van der Waals surface area contributed by atoms with Gasteiger partial charge < -0.3 is 0 Å². The van der Waals surface area contributed by atoms with Crippen molar-refractivity contribution in [2.24, 2.45) is 5.41 Å². The van der Waals surface area contributed by atoms with Crippen LogP contribution in [0, 0.1) is 12.3 Å². The zero-order valence-electron chi connectivity index (χ0n) is 15.7. The molecule has 0 spiro atoms. The second-order valence-electron chi connectivity index (χ2n) is 7.42. The van der Waals surface area contributed by atoms with Crippen molar-refractivity contribution in [1.82, 2.24) is 0 Å². The number of sulfonamides is 2. The minimum Gasteiger partial charge on any atom is -0.280 e. The molecule has 0 bridgehead atoms. The average molecular weight is 477 g/mol. The molecule has 156 valence electrons. The van der Waals surface area contributed by atoms with Crippen molar-refractivity contribution in [3.05, 3.63) is 52.0 Å². The zero-order valence-corrected chi connectivity index (χ0v) is 18.9. The van der Waals surface area contributed by atoms with Crippen molar-refractivity contribution in [1.29, 1.82) is 0 Å². The molecule has 0 saturated carbocycles. The van der Waals surface area contributed by atoms with Crippen LogP contribution >= 0.6 is 23.2 Å². The Bertz CT molecular complexity index is 1200. The Morgan fingerprint density at radius 3 is 2.14 bits per heavy atom. The molecule has 3 rings (SSSR count). The highest BCUT2D eigenvalue weighted by Crippen LogP contribution is 2.37. The van der Waals surface area contributed by atoms with E-state index in [4.69, 9.17) is 23.2 Å². The third kappa shape index (κ3) is 4.23. The van der Waals surface area contributed by atoms with Crippen LogP contribution < -0.4 is 9.03 Å². The van der Waals surface area contributed by atoms with Crippen LogP contribution in [0.1, 0.15) is 19.4 Å². The second-order valence-corrected chi connectivity index (χ2v) is 11.8. The molecule has 29 heavy (non-hydrogen) atoms. The molecule has 0 aromatic heterocycles. The first-order chi connectivity index (χ1) is 13.2. The second kappa shape index (κ2) is 7.16. The molecule has 0 atom stereocenters. The van der Waals surface area contributed by atoms with Crippen LogP contribution in [0.2, 0.25) is 10.0 Å². The number of hydrogen-bond donors (Lipinski definition) is 1. The van der Waals surface area contributed by atoms with E-state index < -0.39 is 31.4 Å². The summed E-state index contributed by atoms with van der Waals surface area (Å²) in [7, 11) is -7.83. The van der Waals surface area contributed by atoms with E-state index in [1.165, 1.54) is 43.3 Å². The molecule has 1 N–H and O–H groups in total. The van der Waals surface area contributed by atoms with Crippen LogP contribution in [0.3, 0.4) is 0 Å². The lowest BCUT2D eigenvalue weighted by Gasteiger charge is -2.19. The molecular formula is C18H18Cl2N2O5S2. The number of halogens is 2. The van der Waals surface area contributed by atoms with E-state index in [2.05, 4.69) is 4.72 Å². The van der Waals surface area contributed by atoms with Crippen molar-refractivity contribution in [2.75, 3.05) is 14.8 Å². The molecule has 1 heterocycles. The first-order valence-corrected chi connectivity index (χ1v) is 12.2. The van der Waals surface area contributed by atoms with E-state index in [1.54, 1.807) is 13.8 Å². The van der Waals surface area contributed by atoms with Crippen molar-refractivity contribution in [2.45, 2.75) is 25.7 Å². The minimum absolute atomic E-state index is 0.0688. The summed E-state index contributed by atoms with van der Waals surface area (Å²) < 4.78 is 53.5. The number of carbonyl (C=O) groups excluding carboxylic acids is 1. The summed E-state index contributed by atoms with van der Waals surface area (Å²) >= 11 is 11.8. The summed E-state index contributed by atoms with van der Waals surface area (Å²) in [5.74, 6) is -0.867. The highest BCUT2D eigenvalue weighted by molar-refractivity contribution is 7.94. The molecule has 0 unspecified atom stereocenters. The summed E-state index contributed by atoms with van der Waals surface area (Å²) in [5.41, 5.74) is -0.492. The molecule has 2 aromatic rings. The smallest absolute Gasteiger partial charge is 0.262 e. The lowest BCUT2D eigenvalue weighted by Crippen LogP contribution is -2.33. The maximum Gasteiger partial charge on any atom is 0.262 e. The van der Waals surface area contributed by atoms with Gasteiger partial charge in [-0.3, -0.25) is 9.52 Å². The van der Waals surface area contributed by atoms with Crippen molar-refractivity contribution in [3.63, 3.8) is 0 Å². The lowest BCUT2D eigenvalue weighted by atomic mass is 9.95. The van der Waals surface area contributed by atoms with Crippen LogP contribution in [0.15, 0.2) is 41.3 Å². The predicted octanol–water partition coefficient (Wildman–Crippen LogP) is 3.81. The van der Waals surface area contributed by atoms with Gasteiger partial charge in [0.25, 0.3) is 10.0 Å². The number of rotatable bonds is 4. The van der Waals surface area contributed by atoms with Gasteiger partial charge in [0.2, 0.25) is 15.9 Å². The lowest BCUT2D eigenvalue weighted by molar-refractivity contribution is -0.123. The predicted molar refractivity (Wildman–Crippen MR) is 114 cm³/mol. The van der Waals surface area contributed by atoms with E-state index in [9.17, 15) is 21.6 Å². The van der Waals surface area contributed by atoms with Crippen LogP contribution in [0.4, 0.5) is 11.4 Å². The number of hydrogen-bond acceptors (Lipinski definition) is 5. The molecule has 1 saturated heterocycles. The Morgan fingerprint density at radius 1 is 1.07 bits per heavy atom. The van der Waals surface area contributed by atoms with Crippen molar-refractivity contribution in [3.8, 4) is 0 Å². The summed E-state index contributed by atoms with van der Waals surface area (Å²) in [6, 6.07) is 8.20. The molecule has 7 nitrogen and oxygen atoms in total. The molecule has 0 radical (unpaired) electrons. The largest absolute Gasteiger partial charge is 0.280 e. The molecular weight excluding hydrogens is 459 g/mol. The summed E-state index contributed by atoms with van der Waals surface area (Å²) in [6.45, 7) is 4.62. The third-order valence-electron chi connectivity index (χ3n) is 4.38. The van der Waals surface area contributed by atoms with Gasteiger partial charge in [-0.1, -0.05) is 23.2 Å². The third-order valence-corrected chi connectivity index (χ3v) is 8.38. The van der Waals surface area contributed by atoms with E-state index in [1.807, 2.05) is 0 Å². The van der Waals surface area contributed by atoms with Gasteiger partial charge in [-0.25, -0.2) is 21.1 Å². The van der Waals surface area contributed by atoms with Crippen LogP contribution in [-0.2, 0) is 24.8 Å². The normalized spacial score (nSPS) is 18.1. The topological polar surface area (TPSA) is 101 Å². The number of nitrogens with one attached hydrogen (secondary N) is 1. The van der Waals surface area contributed by atoms with Crippen molar-refractivity contribution < 1.29 is 21.6 Å². The molecule has 2 aromatic carbocycles. The van der Waals surface area contributed by atoms with Crippen molar-refractivity contribution >= 4 is 60.5 Å². The average Bonchev–Trinajstić information content (AvgIpc) is 2.68. The van der Waals surface area contributed by atoms with Gasteiger partial charge in [0.05, 0.1) is 27.4 Å². The van der Waals surface area contributed by atoms with Crippen LogP contribution in [-0.4, -0.2) is 28.5 Å². The van der Waals surface area contributed by atoms with Crippen LogP contribution in [0.25, 0.3) is 0 Å². The van der Waals surface area contributed by atoms with Gasteiger partial charge in [-0.15, -0.1) is 0 Å². The Morgan fingerprint density at radius 2 is 1.66 bits per heavy atom. The highest BCUT2D eigenvalue weighted by atomic mass is 35.5. The number of nitrogens with zero attached hydrogens (tertiary/aromatic N) is 1. The maximum absolute atomic E-state index is 12.8. The van der Waals surface area contributed by atoms with Gasteiger partial charge in [-0.05, 0) is 62.7 Å². The maximum atomic E-state index is 12.8. The fourth-order valence-electron chi connectivity index (χ4n) is 3.15. The molecule has 1 aliphatic heterocycles. The first kappa shape index (κ1) is 21.9. The van der Waals surface area contributed by atoms with Gasteiger partial charge in [0, 0.05) is 10.0 Å². The summed E-state index contributed by atoms with van der Waals surface area (Å²) in [5, 5.41) is 0.533.